The largest absolute Gasteiger partial charge is 0.452 e. The van der Waals surface area contributed by atoms with Crippen molar-refractivity contribution in [3.63, 3.8) is 0 Å². The number of hydrogen-bond acceptors (Lipinski definition) is 4. The molecule has 0 bridgehead atoms. The van der Waals surface area contributed by atoms with Gasteiger partial charge in [0.2, 0.25) is 5.78 Å². The van der Waals surface area contributed by atoms with Gasteiger partial charge in [-0.1, -0.05) is 34.1 Å². The number of allylic oxidation sites excluding steroid dienone is 1. The molecule has 0 aromatic heterocycles. The molecule has 1 heterocycles. The van der Waals surface area contributed by atoms with E-state index in [0.29, 0.717) is 17.1 Å². The SMILES string of the molecule is O=C1/C(=C\c2ccccc2Br)Oc2cc(OC(=O)C3CC3)ccc21. The number of esters is 1. The summed E-state index contributed by atoms with van der Waals surface area (Å²) in [5.41, 5.74) is 1.33. The number of carbonyl (C=O) groups is 2. The molecule has 24 heavy (non-hydrogen) atoms. The lowest BCUT2D eigenvalue weighted by Gasteiger charge is -2.04. The number of ketones is 1. The fourth-order valence-electron chi connectivity index (χ4n) is 2.48. The zero-order valence-electron chi connectivity index (χ0n) is 12.6. The van der Waals surface area contributed by atoms with Crippen molar-refractivity contribution in [1.82, 2.24) is 0 Å². The highest BCUT2D eigenvalue weighted by atomic mass is 79.9. The lowest BCUT2D eigenvalue weighted by Crippen LogP contribution is -2.09. The predicted octanol–water partition coefficient (Wildman–Crippen LogP) is 4.38. The molecular formula is C19H13BrO4. The van der Waals surface area contributed by atoms with E-state index in [4.69, 9.17) is 9.47 Å². The Labute approximate surface area is 147 Å². The van der Waals surface area contributed by atoms with Gasteiger partial charge in [-0.3, -0.25) is 9.59 Å². The molecule has 5 heteroatoms. The fourth-order valence-corrected chi connectivity index (χ4v) is 2.88. The number of carbonyl (C=O) groups excluding carboxylic acids is 2. The van der Waals surface area contributed by atoms with Gasteiger partial charge in [0.25, 0.3) is 0 Å². The predicted molar refractivity (Wildman–Crippen MR) is 91.9 cm³/mol. The Hall–Kier alpha value is -2.40. The van der Waals surface area contributed by atoms with Gasteiger partial charge in [-0.2, -0.15) is 0 Å². The first-order chi connectivity index (χ1) is 11.6. The second-order valence-electron chi connectivity index (χ2n) is 5.81. The minimum atomic E-state index is -0.219. The summed E-state index contributed by atoms with van der Waals surface area (Å²) >= 11 is 3.45. The highest BCUT2D eigenvalue weighted by Crippen LogP contribution is 2.37. The Morgan fingerprint density at radius 3 is 2.75 bits per heavy atom. The topological polar surface area (TPSA) is 52.6 Å². The molecule has 0 radical (unpaired) electrons. The van der Waals surface area contributed by atoms with Gasteiger partial charge in [0.15, 0.2) is 5.76 Å². The Balaban J connectivity index is 1.60. The molecule has 0 atom stereocenters. The molecule has 0 unspecified atom stereocenters. The molecule has 4 rings (SSSR count). The van der Waals surface area contributed by atoms with Crippen LogP contribution in [0.3, 0.4) is 0 Å². The maximum atomic E-state index is 12.4. The second-order valence-corrected chi connectivity index (χ2v) is 6.67. The lowest BCUT2D eigenvalue weighted by molar-refractivity contribution is -0.135. The quantitative estimate of drug-likeness (QED) is 0.447. The molecule has 0 saturated heterocycles. The van der Waals surface area contributed by atoms with Crippen LogP contribution in [0.2, 0.25) is 0 Å². The van der Waals surface area contributed by atoms with Gasteiger partial charge in [-0.05, 0) is 42.7 Å². The van der Waals surface area contributed by atoms with Crippen LogP contribution in [0.1, 0.15) is 28.8 Å². The first-order valence-corrected chi connectivity index (χ1v) is 8.45. The standard InChI is InChI=1S/C19H13BrO4/c20-15-4-2-1-3-12(15)9-17-18(21)14-8-7-13(10-16(14)24-17)23-19(22)11-5-6-11/h1-4,7-11H,5-6H2/b17-9+. The average molecular weight is 385 g/mol. The van der Waals surface area contributed by atoms with Gasteiger partial charge in [0.05, 0.1) is 11.5 Å². The molecule has 2 aliphatic rings. The van der Waals surface area contributed by atoms with Crippen molar-refractivity contribution in [2.75, 3.05) is 0 Å². The van der Waals surface area contributed by atoms with Crippen LogP contribution in [0.4, 0.5) is 0 Å². The van der Waals surface area contributed by atoms with Crippen molar-refractivity contribution in [2.45, 2.75) is 12.8 Å². The van der Waals surface area contributed by atoms with E-state index in [1.165, 1.54) is 0 Å². The third-order valence-electron chi connectivity index (χ3n) is 3.96. The molecule has 1 saturated carbocycles. The number of benzene rings is 2. The molecular weight excluding hydrogens is 372 g/mol. The Kier molecular flexibility index (Phi) is 3.73. The first kappa shape index (κ1) is 15.1. The van der Waals surface area contributed by atoms with E-state index in [2.05, 4.69) is 15.9 Å². The van der Waals surface area contributed by atoms with Gasteiger partial charge >= 0.3 is 5.97 Å². The number of hydrogen-bond donors (Lipinski definition) is 0. The van der Waals surface area contributed by atoms with Gasteiger partial charge in [0.1, 0.15) is 11.5 Å². The minimum absolute atomic E-state index is 0.0201. The van der Waals surface area contributed by atoms with E-state index >= 15 is 0 Å². The summed E-state index contributed by atoms with van der Waals surface area (Å²) in [7, 11) is 0. The van der Waals surface area contributed by atoms with Gasteiger partial charge in [-0.15, -0.1) is 0 Å². The normalized spacial score (nSPS) is 17.5. The third-order valence-corrected chi connectivity index (χ3v) is 4.68. The van der Waals surface area contributed by atoms with E-state index in [9.17, 15) is 9.59 Å². The van der Waals surface area contributed by atoms with E-state index in [0.717, 1.165) is 22.9 Å². The van der Waals surface area contributed by atoms with Crippen molar-refractivity contribution >= 4 is 33.8 Å². The maximum Gasteiger partial charge on any atom is 0.314 e. The zero-order valence-corrected chi connectivity index (χ0v) is 14.2. The van der Waals surface area contributed by atoms with E-state index < -0.39 is 0 Å². The molecule has 4 nitrogen and oxygen atoms in total. The zero-order chi connectivity index (χ0) is 16.7. The van der Waals surface area contributed by atoms with Gasteiger partial charge in [0, 0.05) is 10.5 Å². The summed E-state index contributed by atoms with van der Waals surface area (Å²) < 4.78 is 11.9. The molecule has 1 aliphatic heterocycles. The Bertz CT molecular complexity index is 881. The molecule has 1 aliphatic carbocycles. The van der Waals surface area contributed by atoms with Crippen molar-refractivity contribution in [2.24, 2.45) is 5.92 Å². The minimum Gasteiger partial charge on any atom is -0.452 e. The van der Waals surface area contributed by atoms with Crippen molar-refractivity contribution < 1.29 is 19.1 Å². The van der Waals surface area contributed by atoms with Crippen LogP contribution in [0.25, 0.3) is 6.08 Å². The van der Waals surface area contributed by atoms with Crippen LogP contribution in [0.5, 0.6) is 11.5 Å². The van der Waals surface area contributed by atoms with Crippen molar-refractivity contribution in [3.05, 3.63) is 63.8 Å². The van der Waals surface area contributed by atoms with Crippen LogP contribution in [-0.2, 0) is 4.79 Å². The highest BCUT2D eigenvalue weighted by molar-refractivity contribution is 9.10. The Morgan fingerprint density at radius 1 is 1.21 bits per heavy atom. The molecule has 2 aromatic rings. The molecule has 2 aromatic carbocycles. The molecule has 120 valence electrons. The molecule has 0 N–H and O–H groups in total. The van der Waals surface area contributed by atoms with Crippen molar-refractivity contribution in [1.29, 1.82) is 0 Å². The summed E-state index contributed by atoms with van der Waals surface area (Å²) in [5.74, 6) is 0.693. The lowest BCUT2D eigenvalue weighted by atomic mass is 10.1. The van der Waals surface area contributed by atoms with E-state index in [1.54, 1.807) is 24.3 Å². The van der Waals surface area contributed by atoms with Gasteiger partial charge < -0.3 is 9.47 Å². The van der Waals surface area contributed by atoms with Crippen molar-refractivity contribution in [3.8, 4) is 11.5 Å². The third kappa shape index (κ3) is 2.87. The smallest absolute Gasteiger partial charge is 0.314 e. The number of ether oxygens (including phenoxy) is 2. The average Bonchev–Trinajstić information content (AvgIpc) is 3.37. The summed E-state index contributed by atoms with van der Waals surface area (Å²) in [6.07, 6.45) is 3.47. The van der Waals surface area contributed by atoms with Crippen LogP contribution >= 0.6 is 15.9 Å². The monoisotopic (exact) mass is 384 g/mol. The van der Waals surface area contributed by atoms with E-state index in [-0.39, 0.29) is 23.4 Å². The number of rotatable bonds is 3. The summed E-state index contributed by atoms with van der Waals surface area (Å²) in [6.45, 7) is 0. The van der Waals surface area contributed by atoms with Crippen LogP contribution in [0, 0.1) is 5.92 Å². The molecule has 0 amide bonds. The highest BCUT2D eigenvalue weighted by Gasteiger charge is 2.32. The molecule has 1 fully saturated rings. The fraction of sp³-hybridized carbons (Fsp3) is 0.158. The van der Waals surface area contributed by atoms with Crippen LogP contribution in [-0.4, -0.2) is 11.8 Å². The molecule has 0 spiro atoms. The summed E-state index contributed by atoms with van der Waals surface area (Å²) in [4.78, 5) is 24.2. The Morgan fingerprint density at radius 2 is 2.00 bits per heavy atom. The number of halogens is 1. The summed E-state index contributed by atoms with van der Waals surface area (Å²) in [5, 5.41) is 0. The number of Topliss-reactive ketones (excluding diaryl/α,β-unsaturated/α-hetero) is 1. The van der Waals surface area contributed by atoms with E-state index in [1.807, 2.05) is 24.3 Å². The number of fused-ring (bicyclic) bond motifs is 1. The van der Waals surface area contributed by atoms with Crippen LogP contribution < -0.4 is 9.47 Å². The van der Waals surface area contributed by atoms with Crippen LogP contribution in [0.15, 0.2) is 52.7 Å². The maximum absolute atomic E-state index is 12.4. The first-order valence-electron chi connectivity index (χ1n) is 7.66. The summed E-state index contributed by atoms with van der Waals surface area (Å²) in [6, 6.07) is 12.4. The second kappa shape index (κ2) is 5.91. The van der Waals surface area contributed by atoms with Gasteiger partial charge in [-0.25, -0.2) is 0 Å².